The van der Waals surface area contributed by atoms with Crippen molar-refractivity contribution in [1.82, 2.24) is 0 Å². The van der Waals surface area contributed by atoms with E-state index in [0.29, 0.717) is 28.4 Å². The SMILES string of the molecule is CCN(c1ccc(C(=O)Nc2cc(OC)ccc2OC)cc1)S(=O)(=O)c1ccccc1. The second-order valence-electron chi connectivity index (χ2n) is 6.55. The minimum Gasteiger partial charge on any atom is -0.497 e. The predicted octanol–water partition coefficient (Wildman–Crippen LogP) is 4.17. The fourth-order valence-electron chi connectivity index (χ4n) is 3.10. The first-order chi connectivity index (χ1) is 14.9. The highest BCUT2D eigenvalue weighted by Gasteiger charge is 2.23. The molecule has 162 valence electrons. The molecule has 0 saturated carbocycles. The van der Waals surface area contributed by atoms with Crippen molar-refractivity contribution < 1.29 is 22.7 Å². The Hall–Kier alpha value is -3.52. The number of nitrogens with zero attached hydrogens (tertiary/aromatic N) is 1. The van der Waals surface area contributed by atoms with E-state index in [0.717, 1.165) is 0 Å². The summed E-state index contributed by atoms with van der Waals surface area (Å²) in [6, 6.07) is 19.7. The molecule has 0 saturated heterocycles. The molecule has 3 aromatic rings. The maximum atomic E-state index is 13.0. The third-order valence-electron chi connectivity index (χ3n) is 4.69. The number of benzene rings is 3. The van der Waals surface area contributed by atoms with Crippen LogP contribution in [0, 0.1) is 0 Å². The zero-order chi connectivity index (χ0) is 22.4. The Morgan fingerprint density at radius 3 is 2.19 bits per heavy atom. The van der Waals surface area contributed by atoms with E-state index >= 15 is 0 Å². The van der Waals surface area contributed by atoms with E-state index in [1.165, 1.54) is 18.5 Å². The normalized spacial score (nSPS) is 10.9. The molecular weight excluding hydrogens is 416 g/mol. The maximum Gasteiger partial charge on any atom is 0.264 e. The monoisotopic (exact) mass is 440 g/mol. The highest BCUT2D eigenvalue weighted by atomic mass is 32.2. The number of hydrogen-bond acceptors (Lipinski definition) is 5. The molecule has 8 heteroatoms. The maximum absolute atomic E-state index is 13.0. The van der Waals surface area contributed by atoms with Crippen molar-refractivity contribution in [1.29, 1.82) is 0 Å². The summed E-state index contributed by atoms with van der Waals surface area (Å²) in [5.41, 5.74) is 1.32. The van der Waals surface area contributed by atoms with Crippen LogP contribution in [-0.4, -0.2) is 35.1 Å². The van der Waals surface area contributed by atoms with Crippen molar-refractivity contribution in [2.75, 3.05) is 30.4 Å². The van der Waals surface area contributed by atoms with Crippen molar-refractivity contribution in [3.05, 3.63) is 78.4 Å². The summed E-state index contributed by atoms with van der Waals surface area (Å²) in [7, 11) is -0.651. The molecule has 0 aliphatic rings. The molecule has 3 aromatic carbocycles. The van der Waals surface area contributed by atoms with E-state index in [1.807, 2.05) is 0 Å². The van der Waals surface area contributed by atoms with Gasteiger partial charge in [0.2, 0.25) is 0 Å². The van der Waals surface area contributed by atoms with Gasteiger partial charge in [0.1, 0.15) is 11.5 Å². The van der Waals surface area contributed by atoms with Crippen molar-refractivity contribution in [3.8, 4) is 11.5 Å². The van der Waals surface area contributed by atoms with Gasteiger partial charge >= 0.3 is 0 Å². The van der Waals surface area contributed by atoms with Gasteiger partial charge in [-0.15, -0.1) is 0 Å². The number of anilines is 2. The number of methoxy groups -OCH3 is 2. The van der Waals surface area contributed by atoms with Gasteiger partial charge in [0, 0.05) is 18.2 Å². The lowest BCUT2D eigenvalue weighted by atomic mass is 10.2. The second-order valence-corrected chi connectivity index (χ2v) is 8.41. The Morgan fingerprint density at radius 1 is 0.935 bits per heavy atom. The number of carbonyl (C=O) groups excluding carboxylic acids is 1. The molecule has 7 nitrogen and oxygen atoms in total. The number of nitrogens with one attached hydrogen (secondary N) is 1. The van der Waals surface area contributed by atoms with Crippen molar-refractivity contribution >= 4 is 27.3 Å². The first-order valence-corrected chi connectivity index (χ1v) is 11.1. The van der Waals surface area contributed by atoms with E-state index in [2.05, 4.69) is 5.32 Å². The minimum absolute atomic E-state index is 0.212. The third kappa shape index (κ3) is 4.80. The molecule has 31 heavy (non-hydrogen) atoms. The number of sulfonamides is 1. The Morgan fingerprint density at radius 2 is 1.61 bits per heavy atom. The van der Waals surface area contributed by atoms with Crippen LogP contribution in [0.1, 0.15) is 17.3 Å². The number of amides is 1. The molecule has 0 aliphatic carbocycles. The smallest absolute Gasteiger partial charge is 0.264 e. The van der Waals surface area contributed by atoms with Crippen LogP contribution < -0.4 is 19.1 Å². The fourth-order valence-corrected chi connectivity index (χ4v) is 4.59. The van der Waals surface area contributed by atoms with E-state index in [4.69, 9.17) is 9.47 Å². The summed E-state index contributed by atoms with van der Waals surface area (Å²) in [6.07, 6.45) is 0. The molecule has 0 heterocycles. The van der Waals surface area contributed by atoms with Crippen LogP contribution in [0.5, 0.6) is 11.5 Å². The number of carbonyl (C=O) groups is 1. The first-order valence-electron chi connectivity index (χ1n) is 9.62. The Bertz CT molecular complexity index is 1150. The lowest BCUT2D eigenvalue weighted by Crippen LogP contribution is -2.30. The average molecular weight is 441 g/mol. The van der Waals surface area contributed by atoms with E-state index in [9.17, 15) is 13.2 Å². The van der Waals surface area contributed by atoms with Crippen LogP contribution >= 0.6 is 0 Å². The Labute approximate surface area is 182 Å². The first kappa shape index (κ1) is 22.2. The molecule has 0 aromatic heterocycles. The zero-order valence-electron chi connectivity index (χ0n) is 17.5. The standard InChI is InChI=1S/C23H24N2O5S/c1-4-25(31(27,28)20-8-6-5-7-9-20)18-12-10-17(11-13-18)23(26)24-21-16-19(29-2)14-15-22(21)30-3/h5-16H,4H2,1-3H3,(H,24,26). The molecule has 0 aliphatic heterocycles. The quantitative estimate of drug-likeness (QED) is 0.568. The van der Waals surface area contributed by atoms with Crippen LogP contribution in [0.2, 0.25) is 0 Å². The summed E-state index contributed by atoms with van der Waals surface area (Å²) in [6.45, 7) is 2.01. The lowest BCUT2D eigenvalue weighted by molar-refractivity contribution is 0.102. The molecule has 0 atom stereocenters. The molecule has 0 radical (unpaired) electrons. The third-order valence-corrected chi connectivity index (χ3v) is 6.61. The largest absolute Gasteiger partial charge is 0.497 e. The van der Waals surface area contributed by atoms with E-state index < -0.39 is 10.0 Å². The molecule has 1 N–H and O–H groups in total. The number of hydrogen-bond donors (Lipinski definition) is 1. The van der Waals surface area contributed by atoms with Gasteiger partial charge in [-0.2, -0.15) is 0 Å². The van der Waals surface area contributed by atoms with E-state index in [1.54, 1.807) is 79.7 Å². The molecule has 1 amide bonds. The van der Waals surface area contributed by atoms with Crippen LogP contribution in [0.25, 0.3) is 0 Å². The summed E-state index contributed by atoms with van der Waals surface area (Å²) in [5, 5.41) is 2.80. The summed E-state index contributed by atoms with van der Waals surface area (Å²) in [5.74, 6) is 0.722. The van der Waals surface area contributed by atoms with Crippen LogP contribution in [0.4, 0.5) is 11.4 Å². The number of ether oxygens (including phenoxy) is 2. The van der Waals surface area contributed by atoms with Gasteiger partial charge in [-0.1, -0.05) is 18.2 Å². The molecule has 0 spiro atoms. The topological polar surface area (TPSA) is 84.9 Å². The van der Waals surface area contributed by atoms with Gasteiger partial charge in [0.05, 0.1) is 30.5 Å². The molecular formula is C23H24N2O5S. The van der Waals surface area contributed by atoms with Crippen molar-refractivity contribution in [2.24, 2.45) is 0 Å². The van der Waals surface area contributed by atoms with Gasteiger partial charge in [-0.25, -0.2) is 8.42 Å². The summed E-state index contributed by atoms with van der Waals surface area (Å²) < 4.78 is 37.7. The van der Waals surface area contributed by atoms with Crippen LogP contribution in [0.3, 0.4) is 0 Å². The summed E-state index contributed by atoms with van der Waals surface area (Å²) in [4.78, 5) is 12.9. The van der Waals surface area contributed by atoms with Gasteiger partial charge in [0.15, 0.2) is 0 Å². The van der Waals surface area contributed by atoms with Gasteiger partial charge < -0.3 is 14.8 Å². The number of rotatable bonds is 8. The Kier molecular flexibility index (Phi) is 6.81. The van der Waals surface area contributed by atoms with Crippen molar-refractivity contribution in [3.63, 3.8) is 0 Å². The molecule has 0 bridgehead atoms. The highest BCUT2D eigenvalue weighted by molar-refractivity contribution is 7.92. The molecule has 3 rings (SSSR count). The summed E-state index contributed by atoms with van der Waals surface area (Å²) >= 11 is 0. The van der Waals surface area contributed by atoms with Crippen LogP contribution in [0.15, 0.2) is 77.7 Å². The highest BCUT2D eigenvalue weighted by Crippen LogP contribution is 2.30. The lowest BCUT2D eigenvalue weighted by Gasteiger charge is -2.23. The van der Waals surface area contributed by atoms with E-state index in [-0.39, 0.29) is 17.3 Å². The van der Waals surface area contributed by atoms with Crippen LogP contribution in [-0.2, 0) is 10.0 Å². The zero-order valence-corrected chi connectivity index (χ0v) is 18.3. The molecule has 0 fully saturated rings. The van der Waals surface area contributed by atoms with Crippen molar-refractivity contribution in [2.45, 2.75) is 11.8 Å². The van der Waals surface area contributed by atoms with Gasteiger partial charge in [-0.05, 0) is 55.5 Å². The minimum atomic E-state index is -3.70. The van der Waals surface area contributed by atoms with Gasteiger partial charge in [-0.3, -0.25) is 9.10 Å². The predicted molar refractivity (Wildman–Crippen MR) is 121 cm³/mol. The second kappa shape index (κ2) is 9.53. The Balaban J connectivity index is 1.83. The molecule has 0 unspecified atom stereocenters. The van der Waals surface area contributed by atoms with Gasteiger partial charge in [0.25, 0.3) is 15.9 Å². The average Bonchev–Trinajstić information content (AvgIpc) is 2.80. The fraction of sp³-hybridized carbons (Fsp3) is 0.174.